The highest BCUT2D eigenvalue weighted by molar-refractivity contribution is 5.85. The summed E-state index contributed by atoms with van der Waals surface area (Å²) >= 11 is 0. The predicted octanol–water partition coefficient (Wildman–Crippen LogP) is 8.02. The maximum absolute atomic E-state index is 6.99. The second-order valence-corrected chi connectivity index (χ2v) is 13.7. The summed E-state index contributed by atoms with van der Waals surface area (Å²) in [4.78, 5) is 0. The Labute approximate surface area is 237 Å². The van der Waals surface area contributed by atoms with E-state index in [1.54, 1.807) is 0 Å². The molecule has 4 aromatic carbocycles. The summed E-state index contributed by atoms with van der Waals surface area (Å²) in [5, 5.41) is 2.65. The number of fused-ring (bicyclic) bond motifs is 6. The quantitative estimate of drug-likeness (QED) is 0.247. The average Bonchev–Trinajstić information content (AvgIpc) is 3.18. The summed E-state index contributed by atoms with van der Waals surface area (Å²) in [6, 6.07) is 29.8. The SMILES string of the molecule is CC(C)(C)c1ccc2c(c1)C(C)(C)c1cc(-c3cccc4c3OC3C=c5ccccc5=C5C=CCC4C53)ccc1-2. The zero-order valence-corrected chi connectivity index (χ0v) is 24.1. The number of allylic oxidation sites excluding steroid dienone is 2. The van der Waals surface area contributed by atoms with Crippen LogP contribution in [0, 0.1) is 5.92 Å². The van der Waals surface area contributed by atoms with Crippen molar-refractivity contribution < 1.29 is 4.74 Å². The van der Waals surface area contributed by atoms with Gasteiger partial charge in [-0.2, -0.15) is 0 Å². The van der Waals surface area contributed by atoms with Gasteiger partial charge in [0, 0.05) is 22.8 Å². The van der Waals surface area contributed by atoms with E-state index in [1.807, 2.05) is 0 Å². The molecule has 0 saturated heterocycles. The van der Waals surface area contributed by atoms with E-state index in [-0.39, 0.29) is 16.9 Å². The molecule has 1 heterocycles. The summed E-state index contributed by atoms with van der Waals surface area (Å²) < 4.78 is 6.99. The van der Waals surface area contributed by atoms with E-state index in [4.69, 9.17) is 4.74 Å². The fourth-order valence-corrected chi connectivity index (χ4v) is 7.82. The molecule has 0 radical (unpaired) electrons. The first-order chi connectivity index (χ1) is 19.2. The number of hydrogen-bond acceptors (Lipinski definition) is 1. The van der Waals surface area contributed by atoms with Crippen LogP contribution in [0.15, 0.2) is 91.0 Å². The topological polar surface area (TPSA) is 9.23 Å². The van der Waals surface area contributed by atoms with Crippen LogP contribution in [0.25, 0.3) is 33.9 Å². The van der Waals surface area contributed by atoms with Crippen LogP contribution in [-0.4, -0.2) is 6.10 Å². The number of para-hydroxylation sites is 1. The van der Waals surface area contributed by atoms with Gasteiger partial charge in [-0.25, -0.2) is 0 Å². The lowest BCUT2D eigenvalue weighted by Gasteiger charge is -2.43. The molecule has 0 saturated carbocycles. The van der Waals surface area contributed by atoms with Gasteiger partial charge in [0.15, 0.2) is 0 Å². The molecule has 8 rings (SSSR count). The van der Waals surface area contributed by atoms with Gasteiger partial charge in [-0.1, -0.05) is 120 Å². The summed E-state index contributed by atoms with van der Waals surface area (Å²) in [5.41, 5.74) is 12.3. The molecular weight excluding hydrogens is 484 g/mol. The first kappa shape index (κ1) is 24.0. The summed E-state index contributed by atoms with van der Waals surface area (Å²) in [7, 11) is 0. The van der Waals surface area contributed by atoms with Gasteiger partial charge in [0.2, 0.25) is 0 Å². The molecular formula is C39H36O. The minimum Gasteiger partial charge on any atom is -0.485 e. The van der Waals surface area contributed by atoms with Crippen LogP contribution in [0.4, 0.5) is 0 Å². The molecule has 40 heavy (non-hydrogen) atoms. The Bertz CT molecular complexity index is 1880. The molecule has 0 amide bonds. The maximum Gasteiger partial charge on any atom is 0.131 e. The van der Waals surface area contributed by atoms with Gasteiger partial charge < -0.3 is 4.74 Å². The summed E-state index contributed by atoms with van der Waals surface area (Å²) in [6.45, 7) is 11.7. The zero-order valence-electron chi connectivity index (χ0n) is 24.1. The first-order valence-electron chi connectivity index (χ1n) is 14.8. The van der Waals surface area contributed by atoms with E-state index >= 15 is 0 Å². The molecule has 1 aliphatic heterocycles. The maximum atomic E-state index is 6.99. The minimum atomic E-state index is -0.0540. The van der Waals surface area contributed by atoms with Crippen molar-refractivity contribution in [3.05, 3.63) is 124 Å². The number of rotatable bonds is 1. The van der Waals surface area contributed by atoms with Gasteiger partial charge >= 0.3 is 0 Å². The third-order valence-corrected chi connectivity index (χ3v) is 10.0. The van der Waals surface area contributed by atoms with Crippen molar-refractivity contribution in [2.45, 2.75) is 63.9 Å². The molecule has 1 heteroatoms. The van der Waals surface area contributed by atoms with Gasteiger partial charge in [-0.3, -0.25) is 0 Å². The van der Waals surface area contributed by atoms with Gasteiger partial charge in [0.25, 0.3) is 0 Å². The van der Waals surface area contributed by atoms with Crippen molar-refractivity contribution in [1.29, 1.82) is 0 Å². The molecule has 3 atom stereocenters. The normalized spacial score (nSPS) is 22.7. The van der Waals surface area contributed by atoms with E-state index in [0.717, 1.165) is 12.2 Å². The summed E-state index contributed by atoms with van der Waals surface area (Å²) in [5.74, 6) is 1.87. The highest BCUT2D eigenvalue weighted by Crippen LogP contribution is 2.54. The standard InChI is InChI=1S/C39H36O/c1-38(2,3)25-17-19-29-28-18-16-24(20-33(28)39(4,5)34(29)22-25)27-12-8-15-32-31-14-9-13-30-26-11-7-6-10-23(26)21-35(36(30)31)40-37(27)32/h6-13,15-22,31,35-36H,14H2,1-5H3. The lowest BCUT2D eigenvalue weighted by Crippen LogP contribution is -2.46. The molecule has 3 unspecified atom stereocenters. The Kier molecular flexibility index (Phi) is 4.86. The van der Waals surface area contributed by atoms with Gasteiger partial charge in [-0.05, 0) is 78.9 Å². The highest BCUT2D eigenvalue weighted by Gasteiger charge is 2.42. The van der Waals surface area contributed by atoms with E-state index in [0.29, 0.717) is 11.8 Å². The van der Waals surface area contributed by atoms with Crippen LogP contribution in [0.2, 0.25) is 0 Å². The monoisotopic (exact) mass is 520 g/mol. The second-order valence-electron chi connectivity index (χ2n) is 13.7. The Hall–Kier alpha value is -3.84. The molecule has 0 fully saturated rings. The molecule has 198 valence electrons. The molecule has 0 bridgehead atoms. The average molecular weight is 521 g/mol. The number of ether oxygens (including phenoxy) is 1. The van der Waals surface area contributed by atoms with Crippen LogP contribution in [0.1, 0.15) is 69.2 Å². The fraction of sp³-hybridized carbons (Fsp3) is 0.282. The van der Waals surface area contributed by atoms with Gasteiger partial charge in [0.1, 0.15) is 11.9 Å². The van der Waals surface area contributed by atoms with E-state index in [9.17, 15) is 0 Å². The lowest BCUT2D eigenvalue weighted by molar-refractivity contribution is 0.173. The highest BCUT2D eigenvalue weighted by atomic mass is 16.5. The van der Waals surface area contributed by atoms with Crippen molar-refractivity contribution >= 4 is 11.6 Å². The molecule has 4 aromatic rings. The predicted molar refractivity (Wildman–Crippen MR) is 166 cm³/mol. The number of benzene rings is 4. The molecule has 4 aliphatic rings. The largest absolute Gasteiger partial charge is 0.485 e. The van der Waals surface area contributed by atoms with E-state index < -0.39 is 0 Å². The zero-order chi connectivity index (χ0) is 27.4. The molecule has 0 spiro atoms. The van der Waals surface area contributed by atoms with Crippen LogP contribution in [0.3, 0.4) is 0 Å². The van der Waals surface area contributed by atoms with Crippen molar-refractivity contribution in [3.63, 3.8) is 0 Å². The molecule has 0 aromatic heterocycles. The van der Waals surface area contributed by atoms with Crippen LogP contribution < -0.4 is 15.2 Å². The van der Waals surface area contributed by atoms with Crippen molar-refractivity contribution in [2.75, 3.05) is 0 Å². The van der Waals surface area contributed by atoms with E-state index in [1.165, 1.54) is 60.5 Å². The van der Waals surface area contributed by atoms with E-state index in [2.05, 4.69) is 132 Å². The minimum absolute atomic E-state index is 0.0540. The second kappa shape index (κ2) is 8.10. The molecule has 0 N–H and O–H groups in total. The molecule has 3 aliphatic carbocycles. The van der Waals surface area contributed by atoms with Crippen LogP contribution in [-0.2, 0) is 10.8 Å². The molecule has 1 nitrogen and oxygen atoms in total. The summed E-state index contributed by atoms with van der Waals surface area (Å²) in [6.07, 6.45) is 8.20. The smallest absolute Gasteiger partial charge is 0.131 e. The van der Waals surface area contributed by atoms with Crippen molar-refractivity contribution in [1.82, 2.24) is 0 Å². The Balaban J connectivity index is 1.26. The van der Waals surface area contributed by atoms with Gasteiger partial charge in [0.05, 0.1) is 0 Å². The first-order valence-corrected chi connectivity index (χ1v) is 14.8. The number of hydrogen-bond donors (Lipinski definition) is 0. The third-order valence-electron chi connectivity index (χ3n) is 10.0. The van der Waals surface area contributed by atoms with Crippen molar-refractivity contribution in [3.8, 4) is 28.0 Å². The lowest BCUT2D eigenvalue weighted by atomic mass is 9.68. The Morgan fingerprint density at radius 3 is 2.40 bits per heavy atom. The van der Waals surface area contributed by atoms with Gasteiger partial charge in [-0.15, -0.1) is 0 Å². The van der Waals surface area contributed by atoms with Crippen LogP contribution >= 0.6 is 0 Å². The van der Waals surface area contributed by atoms with Crippen LogP contribution in [0.5, 0.6) is 5.75 Å². The van der Waals surface area contributed by atoms with Crippen molar-refractivity contribution in [2.24, 2.45) is 5.92 Å². The third kappa shape index (κ3) is 3.27. The Morgan fingerprint density at radius 2 is 1.57 bits per heavy atom. The Morgan fingerprint density at radius 1 is 0.800 bits per heavy atom. The fourth-order valence-electron chi connectivity index (χ4n) is 7.82.